The van der Waals surface area contributed by atoms with Gasteiger partial charge in [-0.2, -0.15) is 0 Å². The summed E-state index contributed by atoms with van der Waals surface area (Å²) < 4.78 is 0. The monoisotopic (exact) mass is 278 g/mol. The number of nitrogens with zero attached hydrogens (tertiary/aromatic N) is 2. The summed E-state index contributed by atoms with van der Waals surface area (Å²) in [5.74, 6) is 2.84. The summed E-state index contributed by atoms with van der Waals surface area (Å²) in [5, 5.41) is 7.03. The minimum atomic E-state index is 0.0894. The van der Waals surface area contributed by atoms with E-state index < -0.39 is 0 Å². The van der Waals surface area contributed by atoms with E-state index >= 15 is 0 Å². The topological polar surface area (TPSA) is 49.8 Å². The number of aromatic nitrogens is 2. The maximum Gasteiger partial charge on any atom is 0.135 e. The molecule has 2 N–H and O–H groups in total. The molecule has 0 radical (unpaired) electrons. The Labute approximate surface area is 123 Å². The number of hydrogen-bond donors (Lipinski definition) is 2. The van der Waals surface area contributed by atoms with Gasteiger partial charge in [0.15, 0.2) is 0 Å². The molecule has 114 valence electrons. The Bertz CT molecular complexity index is 425. The largest absolute Gasteiger partial charge is 0.370 e. The number of nitrogens with one attached hydrogen (secondary N) is 2. The second-order valence-corrected chi connectivity index (χ2v) is 5.64. The SMILES string of the molecule is CCCNc1nc(CC)nc(NC(C)(CC)CC)c1C. The van der Waals surface area contributed by atoms with Crippen LogP contribution in [0.15, 0.2) is 0 Å². The molecule has 4 nitrogen and oxygen atoms in total. The van der Waals surface area contributed by atoms with Crippen molar-refractivity contribution in [2.45, 2.75) is 72.8 Å². The van der Waals surface area contributed by atoms with Gasteiger partial charge in [0.05, 0.1) is 0 Å². The molecular weight excluding hydrogens is 248 g/mol. The summed E-state index contributed by atoms with van der Waals surface area (Å²) in [4.78, 5) is 9.29. The highest BCUT2D eigenvalue weighted by atomic mass is 15.1. The molecule has 1 aromatic rings. The van der Waals surface area contributed by atoms with Crippen molar-refractivity contribution in [2.24, 2.45) is 0 Å². The summed E-state index contributed by atoms with van der Waals surface area (Å²) in [5.41, 5.74) is 1.20. The summed E-state index contributed by atoms with van der Waals surface area (Å²) in [6.45, 7) is 14.0. The van der Waals surface area contributed by atoms with Gasteiger partial charge in [-0.15, -0.1) is 0 Å². The average Bonchev–Trinajstić information content (AvgIpc) is 2.47. The fourth-order valence-corrected chi connectivity index (χ4v) is 1.97. The lowest BCUT2D eigenvalue weighted by molar-refractivity contribution is 0.476. The van der Waals surface area contributed by atoms with E-state index in [1.807, 2.05) is 0 Å². The van der Waals surface area contributed by atoms with Crippen LogP contribution < -0.4 is 10.6 Å². The fraction of sp³-hybridized carbons (Fsp3) is 0.750. The summed E-state index contributed by atoms with van der Waals surface area (Å²) in [6, 6.07) is 0. The number of rotatable bonds is 8. The highest BCUT2D eigenvalue weighted by Crippen LogP contribution is 2.26. The van der Waals surface area contributed by atoms with E-state index in [0.29, 0.717) is 0 Å². The van der Waals surface area contributed by atoms with Crippen molar-refractivity contribution in [3.8, 4) is 0 Å². The lowest BCUT2D eigenvalue weighted by atomic mass is 9.95. The van der Waals surface area contributed by atoms with Gasteiger partial charge in [0.25, 0.3) is 0 Å². The first kappa shape index (κ1) is 16.7. The van der Waals surface area contributed by atoms with Crippen molar-refractivity contribution in [1.29, 1.82) is 0 Å². The highest BCUT2D eigenvalue weighted by molar-refractivity contribution is 5.58. The molecule has 0 spiro atoms. The van der Waals surface area contributed by atoms with Crippen molar-refractivity contribution in [3.05, 3.63) is 11.4 Å². The molecule has 0 aromatic carbocycles. The number of aryl methyl sites for hydroxylation is 1. The first-order chi connectivity index (χ1) is 9.49. The lowest BCUT2D eigenvalue weighted by Gasteiger charge is -2.30. The van der Waals surface area contributed by atoms with Gasteiger partial charge < -0.3 is 10.6 Å². The Hall–Kier alpha value is -1.32. The molecule has 0 saturated heterocycles. The molecule has 1 rings (SSSR count). The van der Waals surface area contributed by atoms with Crippen LogP contribution in [0.5, 0.6) is 0 Å². The van der Waals surface area contributed by atoms with E-state index in [9.17, 15) is 0 Å². The van der Waals surface area contributed by atoms with Crippen LogP contribution in [0.25, 0.3) is 0 Å². The third kappa shape index (κ3) is 4.09. The second-order valence-electron chi connectivity index (χ2n) is 5.64. The molecule has 0 aliphatic heterocycles. The van der Waals surface area contributed by atoms with Crippen LogP contribution in [-0.2, 0) is 6.42 Å². The number of hydrogen-bond acceptors (Lipinski definition) is 4. The van der Waals surface area contributed by atoms with Crippen LogP contribution in [0.3, 0.4) is 0 Å². The smallest absolute Gasteiger partial charge is 0.135 e. The van der Waals surface area contributed by atoms with E-state index in [-0.39, 0.29) is 5.54 Å². The zero-order chi connectivity index (χ0) is 15.2. The van der Waals surface area contributed by atoms with Crippen LogP contribution >= 0.6 is 0 Å². The maximum absolute atomic E-state index is 4.68. The Kier molecular flexibility index (Phi) is 6.24. The highest BCUT2D eigenvalue weighted by Gasteiger charge is 2.22. The van der Waals surface area contributed by atoms with Crippen molar-refractivity contribution in [2.75, 3.05) is 17.2 Å². The molecule has 0 aliphatic carbocycles. The second kappa shape index (κ2) is 7.46. The fourth-order valence-electron chi connectivity index (χ4n) is 1.97. The molecule has 0 fully saturated rings. The molecule has 0 atom stereocenters. The van der Waals surface area contributed by atoms with Crippen molar-refractivity contribution < 1.29 is 0 Å². The normalized spacial score (nSPS) is 11.5. The van der Waals surface area contributed by atoms with Gasteiger partial charge in [0.2, 0.25) is 0 Å². The predicted octanol–water partition coefficient (Wildman–Crippen LogP) is 4.16. The zero-order valence-corrected chi connectivity index (χ0v) is 13.9. The average molecular weight is 278 g/mol. The Morgan fingerprint density at radius 1 is 1.00 bits per heavy atom. The van der Waals surface area contributed by atoms with E-state index in [4.69, 9.17) is 0 Å². The van der Waals surface area contributed by atoms with Gasteiger partial charge in [-0.1, -0.05) is 27.7 Å². The molecule has 0 bridgehead atoms. The molecule has 20 heavy (non-hydrogen) atoms. The summed E-state index contributed by atoms with van der Waals surface area (Å²) >= 11 is 0. The quantitative estimate of drug-likeness (QED) is 0.749. The first-order valence-electron chi connectivity index (χ1n) is 7.89. The van der Waals surface area contributed by atoms with Gasteiger partial charge in [-0.3, -0.25) is 0 Å². The summed E-state index contributed by atoms with van der Waals surface area (Å²) in [7, 11) is 0. The van der Waals surface area contributed by atoms with Gasteiger partial charge in [-0.25, -0.2) is 9.97 Å². The molecule has 0 aliphatic rings. The maximum atomic E-state index is 4.68. The Morgan fingerprint density at radius 3 is 2.10 bits per heavy atom. The zero-order valence-electron chi connectivity index (χ0n) is 13.9. The van der Waals surface area contributed by atoms with Crippen LogP contribution in [0, 0.1) is 6.92 Å². The van der Waals surface area contributed by atoms with Crippen molar-refractivity contribution >= 4 is 11.6 Å². The van der Waals surface area contributed by atoms with Gasteiger partial charge in [0, 0.05) is 24.1 Å². The first-order valence-corrected chi connectivity index (χ1v) is 7.89. The molecule has 0 saturated carbocycles. The molecule has 1 heterocycles. The third-order valence-electron chi connectivity index (χ3n) is 4.03. The van der Waals surface area contributed by atoms with E-state index in [2.05, 4.69) is 62.1 Å². The predicted molar refractivity (Wildman–Crippen MR) is 87.5 cm³/mol. The molecule has 1 aromatic heterocycles. The van der Waals surface area contributed by atoms with Crippen molar-refractivity contribution in [3.63, 3.8) is 0 Å². The lowest BCUT2D eigenvalue weighted by Crippen LogP contribution is -2.34. The Morgan fingerprint density at radius 2 is 1.60 bits per heavy atom. The summed E-state index contributed by atoms with van der Waals surface area (Å²) in [6.07, 6.45) is 4.10. The standard InChI is InChI=1S/C16H30N4/c1-7-11-17-14-12(5)15(19-13(8-2)18-14)20-16(6,9-3)10-4/h7-11H2,1-6H3,(H2,17,18,19,20). The molecule has 0 amide bonds. The van der Waals surface area contributed by atoms with Crippen molar-refractivity contribution in [1.82, 2.24) is 9.97 Å². The minimum absolute atomic E-state index is 0.0894. The molecule has 0 unspecified atom stereocenters. The van der Waals surface area contributed by atoms with Crippen LogP contribution in [0.1, 0.15) is 65.3 Å². The third-order valence-corrected chi connectivity index (χ3v) is 4.03. The van der Waals surface area contributed by atoms with Gasteiger partial charge >= 0.3 is 0 Å². The van der Waals surface area contributed by atoms with Gasteiger partial charge in [-0.05, 0) is 33.1 Å². The van der Waals surface area contributed by atoms with E-state index in [0.717, 1.165) is 55.3 Å². The van der Waals surface area contributed by atoms with Crippen LogP contribution in [-0.4, -0.2) is 22.1 Å². The Balaban J connectivity index is 3.11. The van der Waals surface area contributed by atoms with Gasteiger partial charge in [0.1, 0.15) is 17.5 Å². The van der Waals surface area contributed by atoms with E-state index in [1.54, 1.807) is 0 Å². The molecule has 4 heteroatoms. The number of anilines is 2. The molecular formula is C16H30N4. The van der Waals surface area contributed by atoms with Crippen LogP contribution in [0.4, 0.5) is 11.6 Å². The van der Waals surface area contributed by atoms with Crippen LogP contribution in [0.2, 0.25) is 0 Å². The van der Waals surface area contributed by atoms with E-state index in [1.165, 1.54) is 0 Å². The minimum Gasteiger partial charge on any atom is -0.370 e.